The number of benzene rings is 1. The van der Waals surface area contributed by atoms with Crippen LogP contribution in [0.4, 0.5) is 11.4 Å². The average Bonchev–Trinajstić information content (AvgIpc) is 3.19. The molecule has 0 saturated carbocycles. The Labute approximate surface area is 142 Å². The Morgan fingerprint density at radius 3 is 3.04 bits per heavy atom. The van der Waals surface area contributed by atoms with Gasteiger partial charge in [0.05, 0.1) is 0 Å². The normalized spacial score (nSPS) is 14.5. The summed E-state index contributed by atoms with van der Waals surface area (Å²) in [5.41, 5.74) is 3.21. The molecule has 128 valence electrons. The summed E-state index contributed by atoms with van der Waals surface area (Å²) in [5, 5.41) is 7.43. The van der Waals surface area contributed by atoms with Crippen molar-refractivity contribution in [3.63, 3.8) is 0 Å². The van der Waals surface area contributed by atoms with Crippen molar-refractivity contribution in [1.29, 1.82) is 0 Å². The predicted molar refractivity (Wildman–Crippen MR) is 93.1 cm³/mol. The summed E-state index contributed by atoms with van der Waals surface area (Å²) in [6, 6.07) is 6.03. The first kappa shape index (κ1) is 16.5. The number of aromatic nitrogens is 2. The molecule has 1 aromatic heterocycles. The molecule has 2 heterocycles. The molecule has 0 fully saturated rings. The molecule has 2 aromatic rings. The van der Waals surface area contributed by atoms with Crippen LogP contribution in [0.25, 0.3) is 0 Å². The maximum absolute atomic E-state index is 11.6. The summed E-state index contributed by atoms with van der Waals surface area (Å²) in [5.74, 6) is 1.46. The van der Waals surface area contributed by atoms with E-state index in [4.69, 9.17) is 4.52 Å². The zero-order chi connectivity index (χ0) is 17.1. The summed E-state index contributed by atoms with van der Waals surface area (Å²) < 4.78 is 5.36. The van der Waals surface area contributed by atoms with E-state index in [1.54, 1.807) is 6.92 Å². The molecule has 1 aliphatic rings. The van der Waals surface area contributed by atoms with E-state index >= 15 is 0 Å². The molecule has 1 N–H and O–H groups in total. The molecule has 6 heteroatoms. The Bertz CT molecular complexity index is 726. The lowest BCUT2D eigenvalue weighted by atomic mass is 10.1. The quantitative estimate of drug-likeness (QED) is 0.879. The van der Waals surface area contributed by atoms with Gasteiger partial charge in [0.25, 0.3) is 0 Å². The van der Waals surface area contributed by atoms with Crippen LogP contribution in [0, 0.1) is 0 Å². The summed E-state index contributed by atoms with van der Waals surface area (Å²) in [6.07, 6.45) is 3.93. The van der Waals surface area contributed by atoms with E-state index in [1.807, 2.05) is 24.0 Å². The van der Waals surface area contributed by atoms with Gasteiger partial charge >= 0.3 is 0 Å². The molecule has 0 saturated heterocycles. The fourth-order valence-electron chi connectivity index (χ4n) is 3.01. The van der Waals surface area contributed by atoms with E-state index in [9.17, 15) is 4.79 Å². The first-order valence-electron chi connectivity index (χ1n) is 8.58. The molecular formula is C18H24N4O2. The second-order valence-electron chi connectivity index (χ2n) is 6.28. The number of aryl methyl sites for hydroxylation is 1. The third kappa shape index (κ3) is 3.42. The Hall–Kier alpha value is -2.37. The topological polar surface area (TPSA) is 71.3 Å². The summed E-state index contributed by atoms with van der Waals surface area (Å²) in [6.45, 7) is 6.52. The van der Waals surface area contributed by atoms with Crippen molar-refractivity contribution in [3.05, 3.63) is 35.5 Å². The minimum Gasteiger partial charge on any atom is -0.374 e. The van der Waals surface area contributed by atoms with Crippen LogP contribution >= 0.6 is 0 Å². The number of hydrogen-bond acceptors (Lipinski definition) is 5. The van der Waals surface area contributed by atoms with Crippen LogP contribution < -0.4 is 10.2 Å². The van der Waals surface area contributed by atoms with E-state index in [0.717, 1.165) is 49.4 Å². The molecule has 0 unspecified atom stereocenters. The summed E-state index contributed by atoms with van der Waals surface area (Å²) in [4.78, 5) is 17.9. The summed E-state index contributed by atoms with van der Waals surface area (Å²) in [7, 11) is 0. The van der Waals surface area contributed by atoms with Crippen molar-refractivity contribution < 1.29 is 9.32 Å². The van der Waals surface area contributed by atoms with Gasteiger partial charge < -0.3 is 14.7 Å². The van der Waals surface area contributed by atoms with Crippen molar-refractivity contribution in [2.24, 2.45) is 0 Å². The fraction of sp³-hybridized carbons (Fsp3) is 0.500. The smallest absolute Gasteiger partial charge is 0.248 e. The standard InChI is InChI=1S/C18H24N4O2/c1-4-5-6-17-20-18(24-21-17)12(2)19-15-7-8-16-14(11-15)9-10-22(16)13(3)23/h7-8,11-12,19H,4-6,9-10H2,1-3H3/t12-/m0/s1. The lowest BCUT2D eigenvalue weighted by Crippen LogP contribution is -2.25. The number of carbonyl (C=O) groups is 1. The highest BCUT2D eigenvalue weighted by molar-refractivity contribution is 5.94. The van der Waals surface area contributed by atoms with Crippen molar-refractivity contribution in [2.45, 2.75) is 52.5 Å². The van der Waals surface area contributed by atoms with Crippen LogP contribution in [-0.4, -0.2) is 22.6 Å². The highest BCUT2D eigenvalue weighted by atomic mass is 16.5. The highest BCUT2D eigenvalue weighted by Gasteiger charge is 2.22. The van der Waals surface area contributed by atoms with E-state index < -0.39 is 0 Å². The van der Waals surface area contributed by atoms with Gasteiger partial charge in [-0.25, -0.2) is 0 Å². The molecular weight excluding hydrogens is 304 g/mol. The van der Waals surface area contributed by atoms with Crippen molar-refractivity contribution in [3.8, 4) is 0 Å². The van der Waals surface area contributed by atoms with Gasteiger partial charge in [-0.1, -0.05) is 18.5 Å². The minimum absolute atomic E-state index is 0.0590. The molecule has 1 aliphatic heterocycles. The summed E-state index contributed by atoms with van der Waals surface area (Å²) >= 11 is 0. The van der Waals surface area contributed by atoms with E-state index in [2.05, 4.69) is 28.4 Å². The van der Waals surface area contributed by atoms with Gasteiger partial charge in [0.1, 0.15) is 6.04 Å². The first-order chi connectivity index (χ1) is 11.6. The van der Waals surface area contributed by atoms with Crippen LogP contribution in [0.1, 0.15) is 56.9 Å². The molecule has 0 aliphatic carbocycles. The Kier molecular flexibility index (Phi) is 4.83. The van der Waals surface area contributed by atoms with Gasteiger partial charge in [0.15, 0.2) is 5.82 Å². The maximum atomic E-state index is 11.6. The Morgan fingerprint density at radius 2 is 2.29 bits per heavy atom. The van der Waals surface area contributed by atoms with Crippen LogP contribution in [0.2, 0.25) is 0 Å². The van der Waals surface area contributed by atoms with Crippen LogP contribution in [-0.2, 0) is 17.6 Å². The van der Waals surface area contributed by atoms with Gasteiger partial charge in [-0.15, -0.1) is 0 Å². The molecule has 0 bridgehead atoms. The van der Waals surface area contributed by atoms with Crippen LogP contribution in [0.5, 0.6) is 0 Å². The van der Waals surface area contributed by atoms with Gasteiger partial charge in [0.2, 0.25) is 11.8 Å². The molecule has 6 nitrogen and oxygen atoms in total. The lowest BCUT2D eigenvalue weighted by Gasteiger charge is -2.16. The minimum atomic E-state index is -0.0590. The third-order valence-electron chi connectivity index (χ3n) is 4.35. The largest absolute Gasteiger partial charge is 0.374 e. The van der Waals surface area contributed by atoms with Gasteiger partial charge in [-0.3, -0.25) is 4.79 Å². The molecule has 0 radical (unpaired) electrons. The number of unbranched alkanes of at least 4 members (excludes halogenated alkanes) is 1. The number of hydrogen-bond donors (Lipinski definition) is 1. The highest BCUT2D eigenvalue weighted by Crippen LogP contribution is 2.31. The maximum Gasteiger partial charge on any atom is 0.248 e. The number of nitrogens with zero attached hydrogens (tertiary/aromatic N) is 3. The Morgan fingerprint density at radius 1 is 1.46 bits per heavy atom. The predicted octanol–water partition coefficient (Wildman–Crippen LogP) is 3.49. The zero-order valence-electron chi connectivity index (χ0n) is 14.5. The fourth-order valence-corrected chi connectivity index (χ4v) is 3.01. The van der Waals surface area contributed by atoms with E-state index in [-0.39, 0.29) is 11.9 Å². The van der Waals surface area contributed by atoms with Crippen LogP contribution in [0.3, 0.4) is 0 Å². The molecule has 1 amide bonds. The molecule has 1 aromatic carbocycles. The van der Waals surface area contributed by atoms with Crippen molar-refractivity contribution in [2.75, 3.05) is 16.8 Å². The molecule has 24 heavy (non-hydrogen) atoms. The average molecular weight is 328 g/mol. The first-order valence-corrected chi connectivity index (χ1v) is 8.58. The Balaban J connectivity index is 1.68. The number of carbonyl (C=O) groups excluding carboxylic acids is 1. The lowest BCUT2D eigenvalue weighted by molar-refractivity contribution is -0.116. The number of nitrogens with one attached hydrogen (secondary N) is 1. The zero-order valence-corrected chi connectivity index (χ0v) is 14.5. The number of rotatable bonds is 6. The van der Waals surface area contributed by atoms with Gasteiger partial charge in [-0.2, -0.15) is 4.98 Å². The second kappa shape index (κ2) is 7.03. The van der Waals surface area contributed by atoms with Gasteiger partial charge in [-0.05, 0) is 43.5 Å². The van der Waals surface area contributed by atoms with Crippen molar-refractivity contribution in [1.82, 2.24) is 10.1 Å². The van der Waals surface area contributed by atoms with E-state index in [1.165, 1.54) is 5.56 Å². The third-order valence-corrected chi connectivity index (χ3v) is 4.35. The van der Waals surface area contributed by atoms with E-state index in [0.29, 0.717) is 5.89 Å². The number of amides is 1. The molecule has 3 rings (SSSR count). The number of anilines is 2. The molecule has 1 atom stereocenters. The SMILES string of the molecule is CCCCc1noc([C@H](C)Nc2ccc3c(c2)CCN3C(C)=O)n1. The second-order valence-corrected chi connectivity index (χ2v) is 6.28. The van der Waals surface area contributed by atoms with Crippen molar-refractivity contribution >= 4 is 17.3 Å². The number of fused-ring (bicyclic) bond motifs is 1. The molecule has 0 spiro atoms. The van der Waals surface area contributed by atoms with Crippen LogP contribution in [0.15, 0.2) is 22.7 Å². The monoisotopic (exact) mass is 328 g/mol. The van der Waals surface area contributed by atoms with Gasteiger partial charge in [0, 0.05) is 31.3 Å².